The molecule has 0 radical (unpaired) electrons. The third kappa shape index (κ3) is 16.5. The van der Waals surface area contributed by atoms with Gasteiger partial charge in [-0.25, -0.2) is 19.6 Å². The number of nitrogens with zero attached hydrogens (tertiary/aromatic N) is 4. The smallest absolute Gasteiger partial charge is 0.407 e. The second-order valence-electron chi connectivity index (χ2n) is 19.0. The van der Waals surface area contributed by atoms with Crippen molar-refractivity contribution in [1.29, 1.82) is 0 Å². The van der Waals surface area contributed by atoms with Crippen molar-refractivity contribution in [1.82, 2.24) is 34.7 Å². The second-order valence-corrected chi connectivity index (χ2v) is 19.8. The lowest BCUT2D eigenvalue weighted by atomic mass is 10.0. The Bertz CT molecular complexity index is 3280. The number of fused-ring (bicyclic) bond motifs is 2. The Morgan fingerprint density at radius 3 is 1.53 bits per heavy atom. The van der Waals surface area contributed by atoms with Gasteiger partial charge in [-0.05, 0) is 140 Å². The van der Waals surface area contributed by atoms with Gasteiger partial charge in [0.1, 0.15) is 28.4 Å². The van der Waals surface area contributed by atoms with Gasteiger partial charge in [-0.2, -0.15) is 0 Å². The van der Waals surface area contributed by atoms with Gasteiger partial charge in [0, 0.05) is 67.7 Å². The van der Waals surface area contributed by atoms with E-state index in [9.17, 15) is 24.6 Å². The fourth-order valence-corrected chi connectivity index (χ4v) is 8.56. The quantitative estimate of drug-likeness (QED) is 0.0352. The molecule has 19 heteroatoms. The van der Waals surface area contributed by atoms with Crippen molar-refractivity contribution in [3.63, 3.8) is 0 Å². The average Bonchev–Trinajstić information content (AvgIpc) is 4.18. The van der Waals surface area contributed by atoms with Crippen LogP contribution >= 0.6 is 23.2 Å². The number of carboxylic acid groups (broad SMARTS) is 1. The molecule has 0 aliphatic carbocycles. The van der Waals surface area contributed by atoms with Gasteiger partial charge in [0.15, 0.2) is 0 Å². The van der Waals surface area contributed by atoms with Crippen LogP contribution in [0.5, 0.6) is 11.5 Å². The first-order chi connectivity index (χ1) is 37.5. The largest absolute Gasteiger partial charge is 0.495 e. The molecule has 0 saturated heterocycles. The molecule has 0 unspecified atom stereocenters. The number of aliphatic hydroxyl groups is 2. The first kappa shape index (κ1) is 59.7. The van der Waals surface area contributed by atoms with Crippen molar-refractivity contribution >= 4 is 52.5 Å². The molecular weight excluding hydrogens is 1040 g/mol. The number of methoxy groups -OCH3 is 2. The highest BCUT2D eigenvalue weighted by molar-refractivity contribution is 6.32. The van der Waals surface area contributed by atoms with E-state index in [1.807, 2.05) is 90.8 Å². The highest BCUT2D eigenvalue weighted by Gasteiger charge is 2.18. The molecule has 8 aromatic rings. The van der Waals surface area contributed by atoms with Crippen molar-refractivity contribution in [2.45, 2.75) is 72.2 Å². The van der Waals surface area contributed by atoms with E-state index in [1.54, 1.807) is 60.7 Å². The number of ether oxygens (including phenoxy) is 3. The van der Waals surface area contributed by atoms with Gasteiger partial charge < -0.3 is 60.0 Å². The number of nitrogens with two attached hydrogens (primary N) is 1. The van der Waals surface area contributed by atoms with Crippen LogP contribution in [0.2, 0.25) is 10.0 Å². The molecule has 412 valence electrons. The van der Waals surface area contributed by atoms with E-state index >= 15 is 0 Å². The van der Waals surface area contributed by atoms with Gasteiger partial charge in [0.2, 0.25) is 0 Å². The van der Waals surface area contributed by atoms with E-state index in [1.165, 1.54) is 39.9 Å². The number of benzene rings is 4. The van der Waals surface area contributed by atoms with Gasteiger partial charge in [-0.15, -0.1) is 0 Å². The predicted octanol–water partition coefficient (Wildman–Crippen LogP) is 10.7. The van der Waals surface area contributed by atoms with Gasteiger partial charge in [-0.3, -0.25) is 4.79 Å². The Balaban J connectivity index is 0.000000236. The number of amides is 2. The minimum atomic E-state index is -0.956. The summed E-state index contributed by atoms with van der Waals surface area (Å²) in [6.45, 7) is 10.2. The molecule has 17 nitrogen and oxygen atoms in total. The Kier molecular flexibility index (Phi) is 22.0. The fraction of sp³-hybridized carbons (Fsp3) is 0.305. The van der Waals surface area contributed by atoms with Crippen molar-refractivity contribution in [3.05, 3.63) is 154 Å². The number of hydrogen-bond acceptors (Lipinski definition) is 12. The lowest BCUT2D eigenvalue weighted by Crippen LogP contribution is -2.38. The Hall–Kier alpha value is -7.51. The summed E-state index contributed by atoms with van der Waals surface area (Å²) in [6, 6.07) is 28.8. The Morgan fingerprint density at radius 2 is 1.10 bits per heavy atom. The van der Waals surface area contributed by atoms with Crippen molar-refractivity contribution in [3.8, 4) is 56.3 Å². The summed E-state index contributed by atoms with van der Waals surface area (Å²) in [5, 5.41) is 38.3. The standard InChI is InChI=1S/C31H36ClN5O5.C22H17ClN2O4.C6H15N/c1-31(2,3)42-30(40)35-13-11-33-10-12-34-29(39)21-7-5-20(6-8-21)22-9-14-37-18-26(36-28(37)16-22)24-17-25(32)27(41-4)15-23(24)19-38;1-29-20-8-16(12-26)17(10-18(20)23)19-11-25-7-6-15(9-21(25)24-19)13-2-4-14(5-3-13)22(27)28;1-2-3-4-5-6-7/h5-9,14-18,33,38H,10-13,19H2,1-4H3,(H,34,39)(H,35,40);2-11,26H,12H2,1H3,(H,27,28);2-7H2,1H3. The molecule has 0 spiro atoms. The Labute approximate surface area is 464 Å². The van der Waals surface area contributed by atoms with Crippen LogP contribution in [0.3, 0.4) is 0 Å². The number of rotatable bonds is 20. The minimum absolute atomic E-state index is 0.165. The number of imidazole rings is 2. The third-order valence-electron chi connectivity index (χ3n) is 12.1. The molecule has 0 atom stereocenters. The number of aromatic nitrogens is 4. The van der Waals surface area contributed by atoms with Crippen LogP contribution in [-0.4, -0.2) is 105 Å². The fourth-order valence-electron chi connectivity index (χ4n) is 8.07. The molecule has 0 saturated carbocycles. The van der Waals surface area contributed by atoms with Crippen LogP contribution in [0.1, 0.15) is 85.2 Å². The highest BCUT2D eigenvalue weighted by atomic mass is 35.5. The summed E-state index contributed by atoms with van der Waals surface area (Å²) < 4.78 is 19.5. The van der Waals surface area contributed by atoms with Crippen LogP contribution in [0.4, 0.5) is 4.79 Å². The van der Waals surface area contributed by atoms with E-state index < -0.39 is 17.7 Å². The maximum absolute atomic E-state index is 12.6. The Morgan fingerprint density at radius 1 is 0.628 bits per heavy atom. The average molecular weight is 1100 g/mol. The van der Waals surface area contributed by atoms with Crippen LogP contribution in [0.15, 0.2) is 122 Å². The number of aromatic carboxylic acids is 1. The van der Waals surface area contributed by atoms with E-state index in [0.717, 1.165) is 51.2 Å². The molecule has 4 aromatic carbocycles. The monoisotopic (exact) mass is 1100 g/mol. The SMILES string of the molecule is CCCCCCN.COc1cc(CO)c(-c2cn3ccc(-c4ccc(C(=O)NCCNCCNC(=O)OC(C)(C)C)cc4)cc3n2)cc1Cl.COc1cc(CO)c(-c2cn3ccc(-c4ccc(C(=O)O)cc4)cc3n2)cc1Cl. The molecule has 0 aliphatic rings. The zero-order valence-corrected chi connectivity index (χ0v) is 46.3. The molecule has 0 fully saturated rings. The number of hydrogen-bond donors (Lipinski definition) is 7. The zero-order valence-electron chi connectivity index (χ0n) is 44.7. The van der Waals surface area contributed by atoms with Gasteiger partial charge >= 0.3 is 12.1 Å². The summed E-state index contributed by atoms with van der Waals surface area (Å²) in [6.07, 6.45) is 12.3. The number of nitrogens with one attached hydrogen (secondary N) is 3. The van der Waals surface area contributed by atoms with Gasteiger partial charge in [0.25, 0.3) is 5.91 Å². The van der Waals surface area contributed by atoms with Gasteiger partial charge in [-0.1, -0.05) is 73.7 Å². The summed E-state index contributed by atoms with van der Waals surface area (Å²) in [7, 11) is 3.06. The normalized spacial score (nSPS) is 11.1. The minimum Gasteiger partial charge on any atom is -0.495 e. The van der Waals surface area contributed by atoms with Crippen molar-refractivity contribution in [2.24, 2.45) is 5.73 Å². The number of aliphatic hydroxyl groups excluding tert-OH is 2. The van der Waals surface area contributed by atoms with E-state index in [4.69, 9.17) is 53.2 Å². The summed E-state index contributed by atoms with van der Waals surface area (Å²) in [5.41, 5.74) is 14.9. The van der Waals surface area contributed by atoms with Crippen molar-refractivity contribution < 1.29 is 43.9 Å². The number of carboxylic acids is 1. The lowest BCUT2D eigenvalue weighted by Gasteiger charge is -2.19. The second kappa shape index (κ2) is 28.7. The van der Waals surface area contributed by atoms with Crippen LogP contribution in [-0.2, 0) is 18.0 Å². The summed E-state index contributed by atoms with van der Waals surface area (Å²) in [5.74, 6) is -0.131. The molecule has 8 rings (SSSR count). The lowest BCUT2D eigenvalue weighted by molar-refractivity contribution is 0.0527. The predicted molar refractivity (Wildman–Crippen MR) is 307 cm³/mol. The topological polar surface area (TPSA) is 236 Å². The number of halogens is 2. The molecule has 0 aliphatic heterocycles. The first-order valence-electron chi connectivity index (χ1n) is 25.5. The maximum Gasteiger partial charge on any atom is 0.407 e. The molecule has 8 N–H and O–H groups in total. The van der Waals surface area contributed by atoms with Crippen molar-refractivity contribution in [2.75, 3.05) is 46.9 Å². The van der Waals surface area contributed by atoms with Gasteiger partial charge in [0.05, 0.1) is 54.4 Å². The van der Waals surface area contributed by atoms with Crippen LogP contribution in [0.25, 0.3) is 56.1 Å². The van der Waals surface area contributed by atoms with E-state index in [-0.39, 0.29) is 24.7 Å². The molecule has 4 heterocycles. The number of carbonyl (C=O) groups excluding carboxylic acids is 2. The number of carbonyl (C=O) groups is 3. The first-order valence-corrected chi connectivity index (χ1v) is 26.3. The summed E-state index contributed by atoms with van der Waals surface area (Å²) >= 11 is 12.6. The van der Waals surface area contributed by atoms with E-state index in [2.05, 4.69) is 27.9 Å². The third-order valence-corrected chi connectivity index (χ3v) is 12.7. The zero-order chi connectivity index (χ0) is 56.4. The molecule has 78 heavy (non-hydrogen) atoms. The number of pyridine rings is 2. The summed E-state index contributed by atoms with van der Waals surface area (Å²) in [4.78, 5) is 44.7. The number of alkyl carbamates (subject to hydrolysis) is 1. The molecular formula is C59H68Cl2N8O9. The highest BCUT2D eigenvalue weighted by Crippen LogP contribution is 2.36. The van der Waals surface area contributed by atoms with Crippen LogP contribution in [0, 0.1) is 0 Å². The number of unbranched alkanes of at least 4 members (excludes halogenated alkanes) is 3. The molecule has 2 amide bonds. The van der Waals surface area contributed by atoms with E-state index in [0.29, 0.717) is 75.8 Å². The molecule has 0 bridgehead atoms. The maximum atomic E-state index is 12.6. The van der Waals surface area contributed by atoms with Crippen LogP contribution < -0.4 is 31.2 Å². The molecule has 4 aromatic heterocycles.